The molecule has 0 saturated carbocycles. The van der Waals surface area contributed by atoms with Gasteiger partial charge in [-0.15, -0.1) is 0 Å². The molecule has 0 spiro atoms. The van der Waals surface area contributed by atoms with E-state index in [1.54, 1.807) is 24.8 Å². The van der Waals surface area contributed by atoms with E-state index in [0.717, 1.165) is 16.8 Å². The van der Waals surface area contributed by atoms with Gasteiger partial charge >= 0.3 is 0 Å². The van der Waals surface area contributed by atoms with E-state index in [-0.39, 0.29) is 12.3 Å². The van der Waals surface area contributed by atoms with Gasteiger partial charge in [-0.1, -0.05) is 5.16 Å². The van der Waals surface area contributed by atoms with Crippen LogP contribution in [0, 0.1) is 6.92 Å². The van der Waals surface area contributed by atoms with Crippen molar-refractivity contribution >= 4 is 22.8 Å². The van der Waals surface area contributed by atoms with Crippen LogP contribution in [-0.4, -0.2) is 45.5 Å². The maximum absolute atomic E-state index is 12.5. The third-order valence-corrected chi connectivity index (χ3v) is 5.52. The molecule has 1 aromatic carbocycles. The molecular formula is C25H19N9O2. The Labute approximate surface area is 204 Å². The fourth-order valence-electron chi connectivity index (χ4n) is 3.81. The Hall–Kier alpha value is -5.19. The number of fused-ring (bicyclic) bond motifs is 1. The lowest BCUT2D eigenvalue weighted by atomic mass is 10.2. The number of anilines is 1. The fraction of sp³-hybridized carbons (Fsp3) is 0.0800. The molecule has 0 unspecified atom stereocenters. The summed E-state index contributed by atoms with van der Waals surface area (Å²) in [6, 6.07) is 12.8. The average Bonchev–Trinajstić information content (AvgIpc) is 3.64. The minimum Gasteiger partial charge on any atom is -0.360 e. The summed E-state index contributed by atoms with van der Waals surface area (Å²) in [5.41, 5.74) is 5.11. The van der Waals surface area contributed by atoms with Crippen molar-refractivity contribution < 1.29 is 9.32 Å². The van der Waals surface area contributed by atoms with Crippen molar-refractivity contribution in [3.63, 3.8) is 0 Å². The first-order valence-electron chi connectivity index (χ1n) is 11.1. The van der Waals surface area contributed by atoms with Crippen LogP contribution in [0.3, 0.4) is 0 Å². The van der Waals surface area contributed by atoms with Crippen LogP contribution in [0.4, 0.5) is 5.69 Å². The lowest BCUT2D eigenvalue weighted by Crippen LogP contribution is -2.13. The second kappa shape index (κ2) is 8.87. The highest BCUT2D eigenvalue weighted by atomic mass is 16.5. The number of carbonyl (C=O) groups excluding carboxylic acids is 1. The van der Waals surface area contributed by atoms with Gasteiger partial charge in [0.2, 0.25) is 5.91 Å². The molecule has 1 amide bonds. The smallest absolute Gasteiger partial charge is 0.232 e. The van der Waals surface area contributed by atoms with Crippen molar-refractivity contribution in [2.45, 2.75) is 13.3 Å². The molecule has 176 valence electrons. The Kier molecular flexibility index (Phi) is 5.26. The number of benzene rings is 1. The first-order chi connectivity index (χ1) is 17.6. The Morgan fingerprint density at radius 3 is 2.78 bits per heavy atom. The van der Waals surface area contributed by atoms with Crippen molar-refractivity contribution in [3.05, 3.63) is 85.2 Å². The number of pyridine rings is 1. The predicted molar refractivity (Wildman–Crippen MR) is 131 cm³/mol. The highest BCUT2D eigenvalue weighted by Crippen LogP contribution is 2.24. The molecule has 2 N–H and O–H groups in total. The summed E-state index contributed by atoms with van der Waals surface area (Å²) < 4.78 is 7.14. The van der Waals surface area contributed by atoms with Crippen LogP contribution in [0.25, 0.3) is 39.6 Å². The second-order valence-corrected chi connectivity index (χ2v) is 8.13. The van der Waals surface area contributed by atoms with E-state index in [1.165, 1.54) is 6.33 Å². The van der Waals surface area contributed by atoms with E-state index in [0.29, 0.717) is 39.9 Å². The van der Waals surface area contributed by atoms with Crippen LogP contribution < -0.4 is 5.32 Å². The molecule has 0 atom stereocenters. The summed E-state index contributed by atoms with van der Waals surface area (Å²) in [5.74, 6) is 1.57. The number of rotatable bonds is 6. The largest absolute Gasteiger partial charge is 0.360 e. The van der Waals surface area contributed by atoms with Gasteiger partial charge in [0.1, 0.15) is 35.4 Å². The fourth-order valence-corrected chi connectivity index (χ4v) is 3.81. The van der Waals surface area contributed by atoms with Crippen molar-refractivity contribution in [1.29, 1.82) is 0 Å². The van der Waals surface area contributed by atoms with Gasteiger partial charge in [-0.25, -0.2) is 19.9 Å². The highest BCUT2D eigenvalue weighted by Gasteiger charge is 2.14. The maximum Gasteiger partial charge on any atom is 0.232 e. The molecule has 6 aromatic rings. The SMILES string of the molecule is Cc1cn(-c2ncnc3nc(-c4ccc(NC(=O)Cc5cc(-c6cccnc6)no5)cc4)[nH]c23)cn1. The Morgan fingerprint density at radius 1 is 1.11 bits per heavy atom. The lowest BCUT2D eigenvalue weighted by molar-refractivity contribution is -0.115. The summed E-state index contributed by atoms with van der Waals surface area (Å²) in [6.45, 7) is 1.92. The number of imidazole rings is 2. The molecular weight excluding hydrogens is 458 g/mol. The van der Waals surface area contributed by atoms with E-state index >= 15 is 0 Å². The van der Waals surface area contributed by atoms with Crippen LogP contribution in [-0.2, 0) is 11.2 Å². The normalized spacial score (nSPS) is 11.1. The van der Waals surface area contributed by atoms with Crippen LogP contribution in [0.5, 0.6) is 0 Å². The van der Waals surface area contributed by atoms with E-state index in [9.17, 15) is 4.79 Å². The van der Waals surface area contributed by atoms with Gasteiger partial charge in [-0.3, -0.25) is 14.3 Å². The zero-order valence-electron chi connectivity index (χ0n) is 19.1. The summed E-state index contributed by atoms with van der Waals surface area (Å²) in [7, 11) is 0. The van der Waals surface area contributed by atoms with Gasteiger partial charge in [0.25, 0.3) is 0 Å². The summed E-state index contributed by atoms with van der Waals surface area (Å²) in [5, 5.41) is 6.89. The van der Waals surface area contributed by atoms with E-state index in [2.05, 4.69) is 40.4 Å². The summed E-state index contributed by atoms with van der Waals surface area (Å²) in [4.78, 5) is 37.4. The number of hydrogen-bond donors (Lipinski definition) is 2. The van der Waals surface area contributed by atoms with E-state index < -0.39 is 0 Å². The molecule has 0 radical (unpaired) electrons. The summed E-state index contributed by atoms with van der Waals surface area (Å²) in [6.07, 6.45) is 8.51. The zero-order chi connectivity index (χ0) is 24.5. The quantitative estimate of drug-likeness (QED) is 0.370. The minimum atomic E-state index is -0.212. The van der Waals surface area contributed by atoms with Gasteiger partial charge in [-0.2, -0.15) is 0 Å². The zero-order valence-corrected chi connectivity index (χ0v) is 19.1. The lowest BCUT2D eigenvalue weighted by Gasteiger charge is -2.04. The molecule has 0 aliphatic heterocycles. The van der Waals surface area contributed by atoms with E-state index in [1.807, 2.05) is 54.1 Å². The Bertz CT molecular complexity index is 1670. The van der Waals surface area contributed by atoms with Gasteiger partial charge < -0.3 is 14.8 Å². The maximum atomic E-state index is 12.5. The molecule has 0 saturated heterocycles. The average molecular weight is 477 g/mol. The van der Waals surface area contributed by atoms with E-state index in [4.69, 9.17) is 4.52 Å². The number of amides is 1. The third-order valence-electron chi connectivity index (χ3n) is 5.52. The number of nitrogens with one attached hydrogen (secondary N) is 2. The number of aryl methyl sites for hydroxylation is 1. The number of aromatic amines is 1. The van der Waals surface area contributed by atoms with Crippen LogP contribution in [0.2, 0.25) is 0 Å². The molecule has 11 heteroatoms. The number of carbonyl (C=O) groups is 1. The molecule has 11 nitrogen and oxygen atoms in total. The van der Waals surface area contributed by atoms with Crippen LogP contribution in [0.15, 0.2) is 78.2 Å². The molecule has 5 aromatic heterocycles. The minimum absolute atomic E-state index is 0.0633. The predicted octanol–water partition coefficient (Wildman–Crippen LogP) is 3.75. The van der Waals surface area contributed by atoms with Gasteiger partial charge in [0.05, 0.1) is 12.1 Å². The van der Waals surface area contributed by atoms with Gasteiger partial charge in [-0.05, 0) is 43.3 Å². The summed E-state index contributed by atoms with van der Waals surface area (Å²) >= 11 is 0. The molecule has 0 bridgehead atoms. The number of H-pyrrole nitrogens is 1. The molecule has 5 heterocycles. The van der Waals surface area contributed by atoms with Crippen LogP contribution in [0.1, 0.15) is 11.5 Å². The number of hydrogen-bond acceptors (Lipinski definition) is 8. The second-order valence-electron chi connectivity index (χ2n) is 8.13. The van der Waals surface area contributed by atoms with Crippen molar-refractivity contribution in [2.75, 3.05) is 5.32 Å². The van der Waals surface area contributed by atoms with Gasteiger partial charge in [0.15, 0.2) is 11.5 Å². The van der Waals surface area contributed by atoms with Crippen molar-refractivity contribution in [3.8, 4) is 28.5 Å². The highest BCUT2D eigenvalue weighted by molar-refractivity contribution is 5.92. The first-order valence-corrected chi connectivity index (χ1v) is 11.1. The molecule has 0 aliphatic carbocycles. The molecule has 0 fully saturated rings. The van der Waals surface area contributed by atoms with Crippen molar-refractivity contribution in [2.24, 2.45) is 0 Å². The molecule has 0 aliphatic rings. The first kappa shape index (κ1) is 21.4. The topological polar surface area (TPSA) is 140 Å². The third kappa shape index (κ3) is 4.20. The van der Waals surface area contributed by atoms with Gasteiger partial charge in [0, 0.05) is 41.5 Å². The molecule has 36 heavy (non-hydrogen) atoms. The Morgan fingerprint density at radius 2 is 2.00 bits per heavy atom. The van der Waals surface area contributed by atoms with Crippen molar-refractivity contribution in [1.82, 2.24) is 39.6 Å². The standard InChI is InChI=1S/C25H19N9O2/c1-15-12-34(14-29-15)25-22-24(27-13-28-25)32-23(31-22)16-4-6-18(7-5-16)30-21(35)10-19-9-20(33-36-19)17-3-2-8-26-11-17/h2-9,11-14H,10H2,1H3,(H,30,35)(H,27,28,31,32). The number of aromatic nitrogens is 8. The number of nitrogens with zero attached hydrogens (tertiary/aromatic N) is 7. The monoisotopic (exact) mass is 477 g/mol. The van der Waals surface area contributed by atoms with Crippen LogP contribution >= 0.6 is 0 Å². The Balaban J connectivity index is 1.16. The molecule has 6 rings (SSSR count).